The molecule has 1 aliphatic heterocycles. The SMILES string of the molecule is COc1cc(C)nc2c1n(Cc1ccccc1C(F)(F)F)c(=O)n2C1CCN(c2c(C)cccc2F)C1. The molecule has 0 bridgehead atoms. The molecule has 0 aliphatic carbocycles. The first-order chi connectivity index (χ1) is 17.6. The zero-order valence-electron chi connectivity index (χ0n) is 20.6. The molecule has 3 heterocycles. The standard InChI is InChI=1S/C27H26F4N4O2/c1-16-7-6-10-21(28)23(16)33-12-11-19(15-33)35-25-24(22(37-3)13-17(2)32-25)34(26(35)36)14-18-8-4-5-9-20(18)27(29,30)31/h4-10,13,19H,11-12,14-15H2,1-3H3. The minimum absolute atomic E-state index is 0.0335. The maximum Gasteiger partial charge on any atom is 0.416 e. The van der Waals surface area contributed by atoms with Crippen molar-refractivity contribution in [1.29, 1.82) is 0 Å². The molecule has 2 aromatic carbocycles. The molecule has 10 heteroatoms. The maximum absolute atomic E-state index is 14.7. The Kier molecular flexibility index (Phi) is 6.21. The fourth-order valence-corrected chi connectivity index (χ4v) is 5.27. The Morgan fingerprint density at radius 1 is 1.11 bits per heavy atom. The van der Waals surface area contributed by atoms with Crippen molar-refractivity contribution in [3.63, 3.8) is 0 Å². The number of ether oxygens (including phenoxy) is 1. The lowest BCUT2D eigenvalue weighted by molar-refractivity contribution is -0.138. The van der Waals surface area contributed by atoms with Gasteiger partial charge in [-0.15, -0.1) is 0 Å². The number of aryl methyl sites for hydroxylation is 2. The summed E-state index contributed by atoms with van der Waals surface area (Å²) >= 11 is 0. The first-order valence-corrected chi connectivity index (χ1v) is 11.9. The summed E-state index contributed by atoms with van der Waals surface area (Å²) < 4.78 is 64.2. The number of hydrogen-bond donors (Lipinski definition) is 0. The van der Waals surface area contributed by atoms with Gasteiger partial charge in [0.25, 0.3) is 0 Å². The number of fused-ring (bicyclic) bond motifs is 1. The van der Waals surface area contributed by atoms with E-state index in [1.165, 1.54) is 40.5 Å². The highest BCUT2D eigenvalue weighted by molar-refractivity contribution is 5.80. The van der Waals surface area contributed by atoms with E-state index in [0.717, 1.165) is 11.6 Å². The van der Waals surface area contributed by atoms with Crippen LogP contribution in [0.25, 0.3) is 11.2 Å². The van der Waals surface area contributed by atoms with Crippen LogP contribution in [0.4, 0.5) is 23.2 Å². The summed E-state index contributed by atoms with van der Waals surface area (Å²) in [6.45, 7) is 4.17. The number of imidazole rings is 1. The highest BCUT2D eigenvalue weighted by Gasteiger charge is 2.35. The molecule has 37 heavy (non-hydrogen) atoms. The lowest BCUT2D eigenvalue weighted by Gasteiger charge is -2.21. The van der Waals surface area contributed by atoms with Crippen LogP contribution in [0.3, 0.4) is 0 Å². The molecule has 5 rings (SSSR count). The van der Waals surface area contributed by atoms with E-state index in [-0.39, 0.29) is 24.0 Å². The second-order valence-electron chi connectivity index (χ2n) is 9.33. The van der Waals surface area contributed by atoms with Gasteiger partial charge in [0.15, 0.2) is 5.65 Å². The summed E-state index contributed by atoms with van der Waals surface area (Å²) in [5.74, 6) is 0.0115. The van der Waals surface area contributed by atoms with Crippen LogP contribution in [0.15, 0.2) is 53.3 Å². The van der Waals surface area contributed by atoms with E-state index in [0.29, 0.717) is 47.8 Å². The van der Waals surface area contributed by atoms with Gasteiger partial charge in [0, 0.05) is 24.8 Å². The molecule has 1 aliphatic rings. The lowest BCUT2D eigenvalue weighted by atomic mass is 10.1. The second-order valence-corrected chi connectivity index (χ2v) is 9.33. The van der Waals surface area contributed by atoms with E-state index < -0.39 is 17.4 Å². The number of benzene rings is 2. The minimum Gasteiger partial charge on any atom is -0.494 e. The first-order valence-electron chi connectivity index (χ1n) is 11.9. The van der Waals surface area contributed by atoms with E-state index in [4.69, 9.17) is 4.74 Å². The summed E-state index contributed by atoms with van der Waals surface area (Å²) in [5.41, 5.74) is 1.22. The molecule has 1 saturated heterocycles. The first kappa shape index (κ1) is 24.9. The van der Waals surface area contributed by atoms with Crippen LogP contribution in [0.2, 0.25) is 0 Å². The van der Waals surface area contributed by atoms with E-state index in [1.807, 2.05) is 17.9 Å². The lowest BCUT2D eigenvalue weighted by Crippen LogP contribution is -2.30. The molecule has 0 amide bonds. The molecule has 1 atom stereocenters. The van der Waals surface area contributed by atoms with Gasteiger partial charge in [-0.2, -0.15) is 13.2 Å². The number of alkyl halides is 3. The van der Waals surface area contributed by atoms with E-state index in [9.17, 15) is 22.4 Å². The summed E-state index contributed by atoms with van der Waals surface area (Å²) in [5, 5.41) is 0. The molecule has 4 aromatic rings. The third kappa shape index (κ3) is 4.34. The summed E-state index contributed by atoms with van der Waals surface area (Å²) in [6, 6.07) is 11.4. The number of anilines is 1. The minimum atomic E-state index is -4.57. The van der Waals surface area contributed by atoms with Crippen molar-refractivity contribution >= 4 is 16.9 Å². The fraction of sp³-hybridized carbons (Fsp3) is 0.333. The average Bonchev–Trinajstić information content (AvgIpc) is 3.41. The van der Waals surface area contributed by atoms with Gasteiger partial charge < -0.3 is 9.64 Å². The Morgan fingerprint density at radius 3 is 2.57 bits per heavy atom. The Balaban J connectivity index is 1.64. The highest BCUT2D eigenvalue weighted by atomic mass is 19.4. The van der Waals surface area contributed by atoms with Crippen molar-refractivity contribution in [3.8, 4) is 5.75 Å². The topological polar surface area (TPSA) is 52.3 Å². The molecule has 194 valence electrons. The van der Waals surface area contributed by atoms with Gasteiger partial charge in [0.2, 0.25) is 0 Å². The maximum atomic E-state index is 14.7. The zero-order valence-corrected chi connectivity index (χ0v) is 20.6. The molecule has 2 aromatic heterocycles. The Morgan fingerprint density at radius 2 is 1.86 bits per heavy atom. The van der Waals surface area contributed by atoms with Gasteiger partial charge in [-0.25, -0.2) is 14.2 Å². The van der Waals surface area contributed by atoms with Crippen molar-refractivity contribution in [2.75, 3.05) is 25.1 Å². The Hall–Kier alpha value is -3.82. The van der Waals surface area contributed by atoms with Crippen LogP contribution in [0.5, 0.6) is 5.75 Å². The van der Waals surface area contributed by atoms with Crippen LogP contribution in [-0.4, -0.2) is 34.3 Å². The average molecular weight is 515 g/mol. The van der Waals surface area contributed by atoms with E-state index >= 15 is 0 Å². The van der Waals surface area contributed by atoms with Gasteiger partial charge in [-0.3, -0.25) is 9.13 Å². The number of pyridine rings is 1. The quantitative estimate of drug-likeness (QED) is 0.331. The third-order valence-corrected chi connectivity index (χ3v) is 6.91. The van der Waals surface area contributed by atoms with Gasteiger partial charge in [-0.05, 0) is 43.5 Å². The van der Waals surface area contributed by atoms with Crippen LogP contribution in [0.1, 0.15) is 34.8 Å². The van der Waals surface area contributed by atoms with Crippen molar-refractivity contribution in [2.45, 2.75) is 39.0 Å². The van der Waals surface area contributed by atoms with Crippen molar-refractivity contribution < 1.29 is 22.3 Å². The number of methoxy groups -OCH3 is 1. The zero-order chi connectivity index (χ0) is 26.5. The Bertz CT molecular complexity index is 1520. The van der Waals surface area contributed by atoms with Crippen LogP contribution in [0, 0.1) is 19.7 Å². The second kappa shape index (κ2) is 9.24. The predicted octanol–water partition coefficient (Wildman–Crippen LogP) is 5.48. The normalized spacial score (nSPS) is 16.1. The third-order valence-electron chi connectivity index (χ3n) is 6.91. The monoisotopic (exact) mass is 514 g/mol. The highest BCUT2D eigenvalue weighted by Crippen LogP contribution is 2.35. The molecule has 6 nitrogen and oxygen atoms in total. The van der Waals surface area contributed by atoms with Crippen molar-refractivity contribution in [2.24, 2.45) is 0 Å². The number of aromatic nitrogens is 3. The summed E-state index contributed by atoms with van der Waals surface area (Å²) in [6.07, 6.45) is -4.02. The smallest absolute Gasteiger partial charge is 0.416 e. The van der Waals surface area contributed by atoms with Gasteiger partial charge in [-0.1, -0.05) is 30.3 Å². The molecule has 1 unspecified atom stereocenters. The van der Waals surface area contributed by atoms with Crippen molar-refractivity contribution in [1.82, 2.24) is 14.1 Å². The predicted molar refractivity (Wildman–Crippen MR) is 133 cm³/mol. The number of hydrogen-bond acceptors (Lipinski definition) is 4. The van der Waals surface area contributed by atoms with Crippen LogP contribution >= 0.6 is 0 Å². The molecular formula is C27H26F4N4O2. The van der Waals surface area contributed by atoms with Crippen LogP contribution in [-0.2, 0) is 12.7 Å². The molecule has 0 N–H and O–H groups in total. The largest absolute Gasteiger partial charge is 0.494 e. The van der Waals surface area contributed by atoms with Crippen LogP contribution < -0.4 is 15.3 Å². The molecule has 0 radical (unpaired) electrons. The van der Waals surface area contributed by atoms with Gasteiger partial charge >= 0.3 is 11.9 Å². The molecule has 0 spiro atoms. The van der Waals surface area contributed by atoms with E-state index in [2.05, 4.69) is 4.98 Å². The number of rotatable bonds is 5. The van der Waals surface area contributed by atoms with Crippen molar-refractivity contribution in [3.05, 3.63) is 87.2 Å². The van der Waals surface area contributed by atoms with E-state index in [1.54, 1.807) is 19.1 Å². The number of halogens is 4. The molecular weight excluding hydrogens is 488 g/mol. The summed E-state index contributed by atoms with van der Waals surface area (Å²) in [4.78, 5) is 20.4. The van der Waals surface area contributed by atoms with Gasteiger partial charge in [0.05, 0.1) is 30.9 Å². The number of para-hydroxylation sites is 1. The fourth-order valence-electron chi connectivity index (χ4n) is 5.27. The molecule has 0 saturated carbocycles. The molecule has 1 fully saturated rings. The Labute approximate surface area is 210 Å². The number of nitrogens with zero attached hydrogens (tertiary/aromatic N) is 4. The summed E-state index contributed by atoms with van der Waals surface area (Å²) in [7, 11) is 1.45. The van der Waals surface area contributed by atoms with Gasteiger partial charge in [0.1, 0.15) is 17.1 Å².